The Morgan fingerprint density at radius 3 is 2.68 bits per heavy atom. The molecule has 0 fully saturated rings. The van der Waals surface area contributed by atoms with Crippen LogP contribution in [0.3, 0.4) is 0 Å². The third kappa shape index (κ3) is 2.96. The Morgan fingerprint density at radius 1 is 1.21 bits per heavy atom. The molecular weight excluding hydrogens is 250 g/mol. The molecule has 0 bridgehead atoms. The molecule has 1 N–H and O–H groups in total. The van der Waals surface area contributed by atoms with Crippen molar-refractivity contribution in [2.75, 3.05) is 23.8 Å². The van der Waals surface area contributed by atoms with Gasteiger partial charge >= 0.3 is 0 Å². The molecular formula is C13H14F2N4. The molecule has 0 aliphatic rings. The van der Waals surface area contributed by atoms with Gasteiger partial charge in [0.1, 0.15) is 29.6 Å². The van der Waals surface area contributed by atoms with Gasteiger partial charge < -0.3 is 10.2 Å². The van der Waals surface area contributed by atoms with E-state index in [4.69, 9.17) is 0 Å². The Bertz CT molecular complexity index is 574. The predicted molar refractivity (Wildman–Crippen MR) is 70.6 cm³/mol. The Balaban J connectivity index is 2.32. The van der Waals surface area contributed by atoms with Gasteiger partial charge in [-0.15, -0.1) is 0 Å². The van der Waals surface area contributed by atoms with Crippen LogP contribution in [0.2, 0.25) is 0 Å². The van der Waals surface area contributed by atoms with Crippen molar-refractivity contribution in [3.05, 3.63) is 42.2 Å². The summed E-state index contributed by atoms with van der Waals surface area (Å²) < 4.78 is 26.6. The fraction of sp³-hybridized carbons (Fsp3) is 0.231. The van der Waals surface area contributed by atoms with Crippen LogP contribution in [0.1, 0.15) is 6.92 Å². The van der Waals surface area contributed by atoms with E-state index in [1.54, 1.807) is 13.1 Å². The molecule has 0 unspecified atom stereocenters. The Kier molecular flexibility index (Phi) is 3.89. The van der Waals surface area contributed by atoms with Crippen LogP contribution in [-0.4, -0.2) is 23.6 Å². The summed E-state index contributed by atoms with van der Waals surface area (Å²) in [5.74, 6) is -0.0601. The number of nitrogens with zero attached hydrogens (tertiary/aromatic N) is 3. The van der Waals surface area contributed by atoms with Gasteiger partial charge in [0.05, 0.1) is 5.69 Å². The molecule has 0 amide bonds. The molecule has 1 aromatic carbocycles. The molecule has 4 nitrogen and oxygen atoms in total. The first-order chi connectivity index (χ1) is 9.11. The molecule has 0 spiro atoms. The molecule has 1 aromatic heterocycles. The highest BCUT2D eigenvalue weighted by atomic mass is 19.1. The van der Waals surface area contributed by atoms with Crippen molar-refractivity contribution in [2.24, 2.45) is 0 Å². The zero-order valence-corrected chi connectivity index (χ0v) is 10.7. The van der Waals surface area contributed by atoms with Crippen LogP contribution in [-0.2, 0) is 0 Å². The molecule has 0 aliphatic carbocycles. The maximum Gasteiger partial charge on any atom is 0.149 e. The molecule has 0 radical (unpaired) electrons. The van der Waals surface area contributed by atoms with Gasteiger partial charge in [-0.3, -0.25) is 0 Å². The van der Waals surface area contributed by atoms with E-state index in [-0.39, 0.29) is 5.69 Å². The maximum absolute atomic E-state index is 13.7. The lowest BCUT2D eigenvalue weighted by molar-refractivity contribution is 0.583. The third-order valence-electron chi connectivity index (χ3n) is 2.63. The van der Waals surface area contributed by atoms with E-state index in [1.807, 2.05) is 6.92 Å². The zero-order chi connectivity index (χ0) is 13.8. The van der Waals surface area contributed by atoms with E-state index in [1.165, 1.54) is 23.4 Å². The molecule has 2 aromatic rings. The zero-order valence-electron chi connectivity index (χ0n) is 10.7. The molecule has 2 rings (SSSR count). The Morgan fingerprint density at radius 2 is 2.00 bits per heavy atom. The van der Waals surface area contributed by atoms with E-state index in [0.717, 1.165) is 12.6 Å². The van der Waals surface area contributed by atoms with Crippen LogP contribution in [0.25, 0.3) is 0 Å². The van der Waals surface area contributed by atoms with Gasteiger partial charge in [-0.2, -0.15) is 0 Å². The van der Waals surface area contributed by atoms with E-state index >= 15 is 0 Å². The summed E-state index contributed by atoms with van der Waals surface area (Å²) in [6.45, 7) is 2.68. The molecule has 100 valence electrons. The SMILES string of the molecule is CCNc1cc(N(C)c2ccc(F)cc2F)ncn1. The minimum atomic E-state index is -0.633. The fourth-order valence-electron chi connectivity index (χ4n) is 1.68. The van der Waals surface area contributed by atoms with Crippen LogP contribution in [0.4, 0.5) is 26.1 Å². The quantitative estimate of drug-likeness (QED) is 0.921. The number of anilines is 3. The largest absolute Gasteiger partial charge is 0.370 e. The normalized spacial score (nSPS) is 10.3. The molecule has 0 saturated heterocycles. The summed E-state index contributed by atoms with van der Waals surface area (Å²) in [7, 11) is 1.66. The van der Waals surface area contributed by atoms with Crippen molar-refractivity contribution in [1.29, 1.82) is 0 Å². The van der Waals surface area contributed by atoms with E-state index in [0.29, 0.717) is 11.6 Å². The minimum Gasteiger partial charge on any atom is -0.370 e. The van der Waals surface area contributed by atoms with Crippen molar-refractivity contribution >= 4 is 17.3 Å². The van der Waals surface area contributed by atoms with Crippen LogP contribution in [0, 0.1) is 11.6 Å². The first-order valence-electron chi connectivity index (χ1n) is 5.86. The van der Waals surface area contributed by atoms with Gasteiger partial charge in [-0.25, -0.2) is 18.7 Å². The van der Waals surface area contributed by atoms with Gasteiger partial charge in [0.25, 0.3) is 0 Å². The second-order valence-corrected chi connectivity index (χ2v) is 3.95. The topological polar surface area (TPSA) is 41.0 Å². The fourth-order valence-corrected chi connectivity index (χ4v) is 1.68. The van der Waals surface area contributed by atoms with Gasteiger partial charge in [0, 0.05) is 25.7 Å². The van der Waals surface area contributed by atoms with Crippen molar-refractivity contribution in [2.45, 2.75) is 6.92 Å². The van der Waals surface area contributed by atoms with Gasteiger partial charge in [-0.1, -0.05) is 0 Å². The summed E-state index contributed by atoms with van der Waals surface area (Å²) in [5.41, 5.74) is 0.252. The van der Waals surface area contributed by atoms with Crippen LogP contribution < -0.4 is 10.2 Å². The standard InChI is InChI=1S/C13H14F2N4/c1-3-16-12-7-13(18-8-17-12)19(2)11-5-4-9(14)6-10(11)15/h4-8H,3H2,1-2H3,(H,16,17,18). The number of rotatable bonds is 4. The highest BCUT2D eigenvalue weighted by Crippen LogP contribution is 2.25. The monoisotopic (exact) mass is 264 g/mol. The van der Waals surface area contributed by atoms with Gasteiger partial charge in [0.15, 0.2) is 0 Å². The summed E-state index contributed by atoms with van der Waals surface area (Å²) in [6, 6.07) is 5.13. The van der Waals surface area contributed by atoms with Crippen molar-refractivity contribution in [3.63, 3.8) is 0 Å². The lowest BCUT2D eigenvalue weighted by Gasteiger charge is -2.19. The average Bonchev–Trinajstić information content (AvgIpc) is 2.39. The number of hydrogen-bond donors (Lipinski definition) is 1. The molecule has 19 heavy (non-hydrogen) atoms. The third-order valence-corrected chi connectivity index (χ3v) is 2.63. The summed E-state index contributed by atoms with van der Waals surface area (Å²) in [5, 5.41) is 3.05. The lowest BCUT2D eigenvalue weighted by atomic mass is 10.2. The molecule has 0 atom stereocenters. The number of benzene rings is 1. The minimum absolute atomic E-state index is 0.252. The van der Waals surface area contributed by atoms with E-state index < -0.39 is 11.6 Å². The van der Waals surface area contributed by atoms with Crippen molar-refractivity contribution in [1.82, 2.24) is 9.97 Å². The van der Waals surface area contributed by atoms with Crippen LogP contribution in [0.15, 0.2) is 30.6 Å². The second-order valence-electron chi connectivity index (χ2n) is 3.95. The number of aromatic nitrogens is 2. The smallest absolute Gasteiger partial charge is 0.149 e. The highest BCUT2D eigenvalue weighted by molar-refractivity contribution is 5.61. The maximum atomic E-state index is 13.7. The predicted octanol–water partition coefficient (Wildman–Crippen LogP) is 2.95. The van der Waals surface area contributed by atoms with Gasteiger partial charge in [-0.05, 0) is 19.1 Å². The van der Waals surface area contributed by atoms with E-state index in [9.17, 15) is 8.78 Å². The number of halogens is 2. The van der Waals surface area contributed by atoms with Crippen molar-refractivity contribution < 1.29 is 8.78 Å². The lowest BCUT2D eigenvalue weighted by Crippen LogP contribution is -2.14. The number of nitrogens with one attached hydrogen (secondary N) is 1. The van der Waals surface area contributed by atoms with Crippen LogP contribution in [0.5, 0.6) is 0 Å². The Labute approximate surface area is 110 Å². The first kappa shape index (κ1) is 13.2. The molecule has 1 heterocycles. The molecule has 6 heteroatoms. The number of hydrogen-bond acceptors (Lipinski definition) is 4. The van der Waals surface area contributed by atoms with Gasteiger partial charge in [0.2, 0.25) is 0 Å². The Hall–Kier alpha value is -2.24. The van der Waals surface area contributed by atoms with Crippen LogP contribution >= 0.6 is 0 Å². The molecule has 0 aliphatic heterocycles. The van der Waals surface area contributed by atoms with Crippen molar-refractivity contribution in [3.8, 4) is 0 Å². The van der Waals surface area contributed by atoms with E-state index in [2.05, 4.69) is 15.3 Å². The summed E-state index contributed by atoms with van der Waals surface area (Å²) >= 11 is 0. The average molecular weight is 264 g/mol. The summed E-state index contributed by atoms with van der Waals surface area (Å²) in [6.07, 6.45) is 1.39. The molecule has 0 saturated carbocycles. The first-order valence-corrected chi connectivity index (χ1v) is 5.86. The summed E-state index contributed by atoms with van der Waals surface area (Å²) in [4.78, 5) is 9.65. The highest BCUT2D eigenvalue weighted by Gasteiger charge is 2.12. The second kappa shape index (κ2) is 5.60.